The van der Waals surface area contributed by atoms with E-state index in [2.05, 4.69) is 67.3 Å². The fraction of sp³-hybridized carbons (Fsp3) is 0.182. The highest BCUT2D eigenvalue weighted by Crippen LogP contribution is 2.36. The van der Waals surface area contributed by atoms with Crippen LogP contribution in [0.15, 0.2) is 78.9 Å². The molecule has 1 N–H and O–H groups in total. The van der Waals surface area contributed by atoms with Crippen LogP contribution in [-0.2, 0) is 0 Å². The average Bonchev–Trinajstić information content (AvgIpc) is 2.67. The molecule has 0 spiro atoms. The van der Waals surface area contributed by atoms with Crippen LogP contribution in [-0.4, -0.2) is 17.5 Å². The third-order valence-corrected chi connectivity index (χ3v) is 7.15. The summed E-state index contributed by atoms with van der Waals surface area (Å²) in [7, 11) is -0.528. The maximum Gasteiger partial charge on any atom is 0.0762 e. The fourth-order valence-corrected chi connectivity index (χ4v) is 5.59. The molecule has 0 saturated carbocycles. The molecule has 3 aromatic rings. The topological polar surface area (TPSA) is 23.5 Å². The largest absolute Gasteiger partial charge is 0.367 e. The van der Waals surface area contributed by atoms with Crippen molar-refractivity contribution in [2.45, 2.75) is 13.8 Å². The zero-order valence-electron chi connectivity index (χ0n) is 15.3. The Kier molecular flexibility index (Phi) is 6.80. The van der Waals surface area contributed by atoms with Gasteiger partial charge in [0.2, 0.25) is 0 Å². The first kappa shape index (κ1) is 19.1. The van der Waals surface area contributed by atoms with Crippen LogP contribution in [0.3, 0.4) is 0 Å². The summed E-state index contributed by atoms with van der Waals surface area (Å²) in [6, 6.07) is 27.0. The van der Waals surface area contributed by atoms with Crippen LogP contribution in [0, 0.1) is 13.8 Å². The Balaban J connectivity index is 1.83. The third kappa shape index (κ3) is 4.92. The van der Waals surface area contributed by atoms with Crippen LogP contribution >= 0.6 is 16.7 Å². The number of rotatable bonds is 7. The summed E-state index contributed by atoms with van der Waals surface area (Å²) in [5.41, 5.74) is 3.78. The second kappa shape index (κ2) is 9.28. The van der Waals surface area contributed by atoms with E-state index in [0.717, 1.165) is 11.6 Å². The minimum absolute atomic E-state index is 0.658. The summed E-state index contributed by atoms with van der Waals surface area (Å²) in [6.07, 6.45) is 1.58. The van der Waals surface area contributed by atoms with Crippen LogP contribution < -0.4 is 15.5 Å². The lowest BCUT2D eigenvalue weighted by atomic mass is 10.1. The normalized spacial score (nSPS) is 12.4. The van der Waals surface area contributed by atoms with Gasteiger partial charge in [0, 0.05) is 17.3 Å². The van der Waals surface area contributed by atoms with Gasteiger partial charge in [-0.25, -0.2) is 0 Å². The van der Waals surface area contributed by atoms with Gasteiger partial charge in [-0.15, -0.1) is 0 Å². The van der Waals surface area contributed by atoms with Crippen molar-refractivity contribution in [3.63, 3.8) is 0 Å². The van der Waals surface area contributed by atoms with Gasteiger partial charge in [0.25, 0.3) is 0 Å². The summed E-state index contributed by atoms with van der Waals surface area (Å²) in [4.78, 5) is 13.2. The van der Waals surface area contributed by atoms with Crippen molar-refractivity contribution in [2.24, 2.45) is 0 Å². The van der Waals surface area contributed by atoms with E-state index in [9.17, 15) is 4.89 Å². The van der Waals surface area contributed by atoms with Gasteiger partial charge in [-0.05, 0) is 30.3 Å². The van der Waals surface area contributed by atoms with Crippen LogP contribution in [0.1, 0.15) is 11.1 Å². The summed E-state index contributed by atoms with van der Waals surface area (Å²) in [6.45, 7) is 4.31. The van der Waals surface area contributed by atoms with Crippen molar-refractivity contribution in [3.05, 3.63) is 90.0 Å². The van der Waals surface area contributed by atoms with E-state index in [1.807, 2.05) is 30.3 Å². The van der Waals surface area contributed by atoms with Gasteiger partial charge in [-0.1, -0.05) is 87.4 Å². The number of aryl methyl sites for hydroxylation is 2. The van der Waals surface area contributed by atoms with Gasteiger partial charge in [-0.3, -0.25) is 0 Å². The second-order valence-electron chi connectivity index (χ2n) is 6.36. The van der Waals surface area contributed by atoms with Crippen molar-refractivity contribution in [1.82, 2.24) is 0 Å². The summed E-state index contributed by atoms with van der Waals surface area (Å²) >= 11 is 0. The molecule has 0 heterocycles. The lowest BCUT2D eigenvalue weighted by Gasteiger charge is -2.30. The molecule has 0 radical (unpaired) electrons. The number of hydrogen-bond donors (Lipinski definition) is 1. The molecule has 3 aromatic carbocycles. The first-order chi connectivity index (χ1) is 12.6. The molecule has 0 saturated heterocycles. The second-order valence-corrected chi connectivity index (χ2v) is 9.20. The standard InChI is InChI=1S/C22H25NOP2/c1-18-10-9-11-19(2)22(18)23(16-25-20-12-5-3-6-13-20)17-26(24)21-14-7-4-8-15-21/h3-15,24-25H,16-17H2,1-2H3. The summed E-state index contributed by atoms with van der Waals surface area (Å²) < 4.78 is 0. The Morgan fingerprint density at radius 1 is 0.808 bits per heavy atom. The maximum absolute atomic E-state index is 10.9. The molecule has 0 aliphatic heterocycles. The van der Waals surface area contributed by atoms with Crippen LogP contribution in [0.5, 0.6) is 0 Å². The molecule has 134 valence electrons. The molecule has 2 nitrogen and oxygen atoms in total. The van der Waals surface area contributed by atoms with Crippen LogP contribution in [0.25, 0.3) is 0 Å². The highest BCUT2D eigenvalue weighted by Gasteiger charge is 2.17. The smallest absolute Gasteiger partial charge is 0.0762 e. The number of para-hydroxylation sites is 1. The Labute approximate surface area is 159 Å². The van der Waals surface area contributed by atoms with Gasteiger partial charge < -0.3 is 9.79 Å². The molecule has 4 heteroatoms. The van der Waals surface area contributed by atoms with Gasteiger partial charge >= 0.3 is 0 Å². The molecule has 0 aliphatic carbocycles. The van der Waals surface area contributed by atoms with Gasteiger partial charge in [0.05, 0.1) is 14.4 Å². The maximum atomic E-state index is 10.9. The van der Waals surface area contributed by atoms with Crippen molar-refractivity contribution in [1.29, 1.82) is 0 Å². The summed E-state index contributed by atoms with van der Waals surface area (Å²) in [5.74, 6) is 0. The van der Waals surface area contributed by atoms with Crippen LogP contribution in [0.2, 0.25) is 0 Å². The Hall–Kier alpha value is -1.72. The predicted molar refractivity (Wildman–Crippen MR) is 118 cm³/mol. The molecule has 0 aromatic heterocycles. The molecule has 0 amide bonds. The highest BCUT2D eigenvalue weighted by molar-refractivity contribution is 7.60. The van der Waals surface area contributed by atoms with Gasteiger partial charge in [-0.2, -0.15) is 0 Å². The van der Waals surface area contributed by atoms with Gasteiger partial charge in [0.15, 0.2) is 0 Å². The first-order valence-corrected chi connectivity index (χ1v) is 11.5. The fourth-order valence-electron chi connectivity index (χ4n) is 3.09. The quantitative estimate of drug-likeness (QED) is 0.598. The molecule has 26 heavy (non-hydrogen) atoms. The number of hydrogen-bond acceptors (Lipinski definition) is 2. The lowest BCUT2D eigenvalue weighted by Crippen LogP contribution is -2.27. The monoisotopic (exact) mass is 381 g/mol. The Morgan fingerprint density at radius 3 is 2.00 bits per heavy atom. The van der Waals surface area contributed by atoms with E-state index in [1.54, 1.807) is 0 Å². The Morgan fingerprint density at radius 2 is 1.38 bits per heavy atom. The molecule has 0 bridgehead atoms. The van der Waals surface area contributed by atoms with Crippen molar-refractivity contribution >= 4 is 33.0 Å². The predicted octanol–water partition coefficient (Wildman–Crippen LogP) is 4.74. The van der Waals surface area contributed by atoms with Crippen molar-refractivity contribution in [2.75, 3.05) is 17.5 Å². The van der Waals surface area contributed by atoms with E-state index in [0.29, 0.717) is 14.9 Å². The SMILES string of the molecule is Cc1cccc(C)c1N(CPc1ccccc1)CP(O)c1ccccc1. The zero-order valence-corrected chi connectivity index (χ0v) is 17.2. The molecule has 0 aliphatic rings. The number of anilines is 1. The molecular formula is C22H25NOP2. The number of benzene rings is 3. The molecular weight excluding hydrogens is 356 g/mol. The molecule has 0 fully saturated rings. The highest BCUT2D eigenvalue weighted by atomic mass is 31.1. The van der Waals surface area contributed by atoms with Gasteiger partial charge in [0.1, 0.15) is 0 Å². The zero-order chi connectivity index (χ0) is 18.4. The van der Waals surface area contributed by atoms with Crippen LogP contribution in [0.4, 0.5) is 5.69 Å². The van der Waals surface area contributed by atoms with Crippen molar-refractivity contribution in [3.8, 4) is 0 Å². The average molecular weight is 381 g/mol. The van der Waals surface area contributed by atoms with E-state index < -0.39 is 8.15 Å². The minimum Gasteiger partial charge on any atom is -0.367 e. The van der Waals surface area contributed by atoms with E-state index in [-0.39, 0.29) is 0 Å². The lowest BCUT2D eigenvalue weighted by molar-refractivity contribution is 0.632. The first-order valence-electron chi connectivity index (χ1n) is 8.76. The molecule has 2 atom stereocenters. The summed E-state index contributed by atoms with van der Waals surface area (Å²) in [5, 5.41) is 2.38. The van der Waals surface area contributed by atoms with E-state index in [1.165, 1.54) is 22.1 Å². The molecule has 3 rings (SSSR count). The van der Waals surface area contributed by atoms with Crippen molar-refractivity contribution < 1.29 is 4.89 Å². The number of nitrogens with zero attached hydrogens (tertiary/aromatic N) is 1. The Bertz CT molecular complexity index is 804. The minimum atomic E-state index is -1.21. The molecule has 2 unspecified atom stereocenters. The van der Waals surface area contributed by atoms with E-state index >= 15 is 0 Å². The van der Waals surface area contributed by atoms with E-state index in [4.69, 9.17) is 0 Å². The third-order valence-electron chi connectivity index (χ3n) is 4.36.